The van der Waals surface area contributed by atoms with Gasteiger partial charge in [0, 0.05) is 44.1 Å². The summed E-state index contributed by atoms with van der Waals surface area (Å²) in [5, 5.41) is 0. The molecule has 1 amide bonds. The van der Waals surface area contributed by atoms with Gasteiger partial charge < -0.3 is 14.6 Å². The van der Waals surface area contributed by atoms with Crippen LogP contribution in [-0.4, -0.2) is 59.4 Å². The van der Waals surface area contributed by atoms with E-state index in [9.17, 15) is 9.59 Å². The minimum Gasteiger partial charge on any atom is -0.454 e. The normalized spacial score (nSPS) is 19.3. The molecule has 0 spiro atoms. The average molecular weight is 390 g/mol. The van der Waals surface area contributed by atoms with Gasteiger partial charge in [0.15, 0.2) is 0 Å². The van der Waals surface area contributed by atoms with Crippen molar-refractivity contribution in [2.75, 3.05) is 32.7 Å². The Morgan fingerprint density at radius 2 is 1.93 bits per heavy atom. The van der Waals surface area contributed by atoms with Crippen molar-refractivity contribution in [1.82, 2.24) is 14.8 Å². The van der Waals surface area contributed by atoms with E-state index in [0.717, 1.165) is 56.7 Å². The van der Waals surface area contributed by atoms with Crippen LogP contribution in [0.5, 0.6) is 0 Å². The minimum absolute atomic E-state index is 0. The molecule has 1 atom stereocenters. The number of halogens is 1. The standard InChI is InChI=1S/C20H23N3O3.ClH/c24-19(15-7-8-21-14-15)23-12-10-22(11-13-23)9-3-6-18-16-4-1-2-5-17(16)20(25)26-18;/h1-2,4-5,7-8,14,18,21H,3,6,9-13H2;1H. The smallest absolute Gasteiger partial charge is 0.339 e. The molecule has 1 unspecified atom stereocenters. The summed E-state index contributed by atoms with van der Waals surface area (Å²) in [6.07, 6.45) is 5.21. The number of cyclic esters (lactones) is 1. The zero-order valence-corrected chi connectivity index (χ0v) is 15.9. The molecule has 7 heteroatoms. The number of esters is 1. The third-order valence-electron chi connectivity index (χ3n) is 5.22. The third-order valence-corrected chi connectivity index (χ3v) is 5.22. The van der Waals surface area contributed by atoms with Gasteiger partial charge >= 0.3 is 5.97 Å². The lowest BCUT2D eigenvalue weighted by molar-refractivity contribution is 0.0353. The number of fused-ring (bicyclic) bond motifs is 1. The van der Waals surface area contributed by atoms with E-state index in [-0.39, 0.29) is 30.4 Å². The quantitative estimate of drug-likeness (QED) is 0.798. The molecule has 0 bridgehead atoms. The first-order valence-corrected chi connectivity index (χ1v) is 9.17. The second kappa shape index (κ2) is 8.59. The number of nitrogens with zero attached hydrogens (tertiary/aromatic N) is 2. The number of H-pyrrole nitrogens is 1. The molecule has 144 valence electrons. The number of hydrogen-bond donors (Lipinski definition) is 1. The first-order chi connectivity index (χ1) is 12.7. The van der Waals surface area contributed by atoms with E-state index in [1.165, 1.54) is 0 Å². The molecular formula is C20H24ClN3O3. The Hall–Kier alpha value is -2.31. The van der Waals surface area contributed by atoms with E-state index in [1.807, 2.05) is 35.2 Å². The zero-order valence-electron chi connectivity index (χ0n) is 15.1. The molecular weight excluding hydrogens is 366 g/mol. The number of aromatic amines is 1. The van der Waals surface area contributed by atoms with Gasteiger partial charge in [-0.3, -0.25) is 9.69 Å². The number of rotatable bonds is 5. The summed E-state index contributed by atoms with van der Waals surface area (Å²) >= 11 is 0. The molecule has 6 nitrogen and oxygen atoms in total. The number of hydrogen-bond acceptors (Lipinski definition) is 4. The Kier molecular flexibility index (Phi) is 6.19. The lowest BCUT2D eigenvalue weighted by Crippen LogP contribution is -2.48. The number of amides is 1. The number of carbonyl (C=O) groups excluding carboxylic acids is 2. The molecule has 27 heavy (non-hydrogen) atoms. The van der Waals surface area contributed by atoms with Crippen molar-refractivity contribution in [2.45, 2.75) is 18.9 Å². The van der Waals surface area contributed by atoms with Gasteiger partial charge in [0.2, 0.25) is 0 Å². The molecule has 1 aromatic heterocycles. The van der Waals surface area contributed by atoms with Crippen LogP contribution in [0.25, 0.3) is 0 Å². The van der Waals surface area contributed by atoms with Gasteiger partial charge in [0.1, 0.15) is 6.10 Å². The summed E-state index contributed by atoms with van der Waals surface area (Å²) in [5.41, 5.74) is 2.44. The summed E-state index contributed by atoms with van der Waals surface area (Å²) in [5.74, 6) is -0.108. The second-order valence-corrected chi connectivity index (χ2v) is 6.86. The first-order valence-electron chi connectivity index (χ1n) is 9.17. The Labute approximate surface area is 164 Å². The van der Waals surface area contributed by atoms with E-state index in [4.69, 9.17) is 4.74 Å². The van der Waals surface area contributed by atoms with Gasteiger partial charge in [-0.2, -0.15) is 0 Å². The molecule has 1 aromatic carbocycles. The molecule has 3 heterocycles. The maximum absolute atomic E-state index is 12.3. The van der Waals surface area contributed by atoms with Crippen LogP contribution in [0.3, 0.4) is 0 Å². The average Bonchev–Trinajstić information content (AvgIpc) is 3.31. The maximum Gasteiger partial charge on any atom is 0.339 e. The largest absolute Gasteiger partial charge is 0.454 e. The van der Waals surface area contributed by atoms with Crippen LogP contribution in [0.2, 0.25) is 0 Å². The Balaban J connectivity index is 0.00000210. The summed E-state index contributed by atoms with van der Waals surface area (Å²) < 4.78 is 5.50. The van der Waals surface area contributed by atoms with Gasteiger partial charge in [-0.15, -0.1) is 12.4 Å². The predicted molar refractivity (Wildman–Crippen MR) is 104 cm³/mol. The van der Waals surface area contributed by atoms with Crippen molar-refractivity contribution in [3.8, 4) is 0 Å². The van der Waals surface area contributed by atoms with Gasteiger partial charge in [-0.05, 0) is 31.5 Å². The van der Waals surface area contributed by atoms with Crippen molar-refractivity contribution in [2.24, 2.45) is 0 Å². The predicted octanol–water partition coefficient (Wildman–Crippen LogP) is 2.89. The highest BCUT2D eigenvalue weighted by molar-refractivity contribution is 5.94. The number of piperazine rings is 1. The lowest BCUT2D eigenvalue weighted by Gasteiger charge is -2.34. The second-order valence-electron chi connectivity index (χ2n) is 6.86. The van der Waals surface area contributed by atoms with E-state index in [1.54, 1.807) is 12.4 Å². The number of carbonyl (C=O) groups is 2. The van der Waals surface area contributed by atoms with Crippen molar-refractivity contribution < 1.29 is 14.3 Å². The lowest BCUT2D eigenvalue weighted by atomic mass is 10.0. The SMILES string of the molecule is Cl.O=C1OC(CCCN2CCN(C(=O)c3cc[nH]c3)CC2)c2ccccc21. The van der Waals surface area contributed by atoms with Crippen LogP contribution < -0.4 is 0 Å². The molecule has 2 aliphatic heterocycles. The number of aromatic nitrogens is 1. The highest BCUT2D eigenvalue weighted by atomic mass is 35.5. The van der Waals surface area contributed by atoms with E-state index in [0.29, 0.717) is 5.56 Å². The van der Waals surface area contributed by atoms with Crippen LogP contribution in [0, 0.1) is 0 Å². The van der Waals surface area contributed by atoms with Crippen molar-refractivity contribution in [3.63, 3.8) is 0 Å². The van der Waals surface area contributed by atoms with Crippen molar-refractivity contribution >= 4 is 24.3 Å². The fourth-order valence-electron chi connectivity index (χ4n) is 3.75. The Morgan fingerprint density at radius 3 is 2.67 bits per heavy atom. The molecule has 2 aromatic rings. The van der Waals surface area contributed by atoms with E-state index in [2.05, 4.69) is 9.88 Å². The number of benzene rings is 1. The monoisotopic (exact) mass is 389 g/mol. The Morgan fingerprint density at radius 1 is 1.15 bits per heavy atom. The zero-order chi connectivity index (χ0) is 17.9. The van der Waals surface area contributed by atoms with E-state index >= 15 is 0 Å². The van der Waals surface area contributed by atoms with Crippen LogP contribution in [0.15, 0.2) is 42.7 Å². The summed E-state index contributed by atoms with van der Waals surface area (Å²) in [4.78, 5) is 31.4. The highest BCUT2D eigenvalue weighted by Gasteiger charge is 2.30. The fourth-order valence-corrected chi connectivity index (χ4v) is 3.75. The molecule has 1 N–H and O–H groups in total. The van der Waals surface area contributed by atoms with E-state index < -0.39 is 0 Å². The van der Waals surface area contributed by atoms with Gasteiger partial charge in [-0.25, -0.2) is 4.79 Å². The molecule has 1 saturated heterocycles. The fraction of sp³-hybridized carbons (Fsp3) is 0.400. The topological polar surface area (TPSA) is 65.6 Å². The number of ether oxygens (including phenoxy) is 1. The molecule has 0 radical (unpaired) electrons. The molecule has 0 saturated carbocycles. The molecule has 2 aliphatic rings. The van der Waals surface area contributed by atoms with Crippen LogP contribution in [0.4, 0.5) is 0 Å². The summed E-state index contributed by atoms with van der Waals surface area (Å²) in [6.45, 7) is 4.24. The minimum atomic E-state index is -0.206. The maximum atomic E-state index is 12.3. The van der Waals surface area contributed by atoms with Crippen molar-refractivity contribution in [3.05, 3.63) is 59.4 Å². The van der Waals surface area contributed by atoms with Crippen molar-refractivity contribution in [1.29, 1.82) is 0 Å². The molecule has 0 aliphatic carbocycles. The summed E-state index contributed by atoms with van der Waals surface area (Å²) in [6, 6.07) is 9.45. The first kappa shape index (κ1) is 19.5. The van der Waals surface area contributed by atoms with Crippen LogP contribution >= 0.6 is 12.4 Å². The summed E-state index contributed by atoms with van der Waals surface area (Å²) in [7, 11) is 0. The van der Waals surface area contributed by atoms with Gasteiger partial charge in [-0.1, -0.05) is 18.2 Å². The molecule has 1 fully saturated rings. The number of nitrogens with one attached hydrogen (secondary N) is 1. The third kappa shape index (κ3) is 4.17. The van der Waals surface area contributed by atoms with Crippen LogP contribution in [-0.2, 0) is 4.74 Å². The van der Waals surface area contributed by atoms with Gasteiger partial charge in [0.05, 0.1) is 11.1 Å². The van der Waals surface area contributed by atoms with Gasteiger partial charge in [0.25, 0.3) is 5.91 Å². The molecule has 4 rings (SSSR count). The van der Waals surface area contributed by atoms with Crippen LogP contribution in [0.1, 0.15) is 45.2 Å². The Bertz CT molecular complexity index is 786. The highest BCUT2D eigenvalue weighted by Crippen LogP contribution is 2.33.